The summed E-state index contributed by atoms with van der Waals surface area (Å²) in [5, 5.41) is 1.20. The number of rotatable bonds is 7. The number of hydrogen-bond acceptors (Lipinski definition) is 3. The van der Waals surface area contributed by atoms with E-state index in [0.29, 0.717) is 22.6 Å². The molecular weight excluding hydrogens is 299 g/mol. The van der Waals surface area contributed by atoms with Gasteiger partial charge in [-0.25, -0.2) is 0 Å². The number of thioether (sulfide) groups is 1. The molecule has 0 aliphatic heterocycles. The Morgan fingerprint density at radius 3 is 2.58 bits per heavy atom. The molecule has 0 aromatic heterocycles. The molecule has 0 spiro atoms. The Hall–Kier alpha value is 0.0700. The van der Waals surface area contributed by atoms with Crippen molar-refractivity contribution in [2.75, 3.05) is 25.6 Å². The van der Waals surface area contributed by atoms with Gasteiger partial charge in [-0.15, -0.1) is 0 Å². The van der Waals surface area contributed by atoms with Crippen molar-refractivity contribution in [1.82, 2.24) is 4.90 Å². The van der Waals surface area contributed by atoms with E-state index in [2.05, 4.69) is 25.1 Å². The maximum atomic E-state index is 6.32. The van der Waals surface area contributed by atoms with Crippen LogP contribution in [0.2, 0.25) is 10.0 Å². The Labute approximate surface area is 130 Å². The third-order valence-electron chi connectivity index (χ3n) is 3.46. The zero-order chi connectivity index (χ0) is 14.4. The van der Waals surface area contributed by atoms with Gasteiger partial charge in [-0.05, 0) is 31.4 Å². The highest BCUT2D eigenvalue weighted by molar-refractivity contribution is 7.98. The topological polar surface area (TPSA) is 29.3 Å². The third kappa shape index (κ3) is 4.27. The molecule has 0 saturated heterocycles. The van der Waals surface area contributed by atoms with E-state index < -0.39 is 0 Å². The molecule has 0 heterocycles. The van der Waals surface area contributed by atoms with Gasteiger partial charge < -0.3 is 5.73 Å². The van der Waals surface area contributed by atoms with E-state index in [1.165, 1.54) is 0 Å². The molecule has 1 aromatic carbocycles. The van der Waals surface area contributed by atoms with Gasteiger partial charge in [0.2, 0.25) is 0 Å². The largest absolute Gasteiger partial charge is 0.329 e. The zero-order valence-corrected chi connectivity index (χ0v) is 14.0. The highest BCUT2D eigenvalue weighted by Gasteiger charge is 2.24. The van der Waals surface area contributed by atoms with Crippen LogP contribution in [-0.2, 0) is 0 Å². The van der Waals surface area contributed by atoms with Crippen molar-refractivity contribution in [3.63, 3.8) is 0 Å². The summed E-state index contributed by atoms with van der Waals surface area (Å²) >= 11 is 14.3. The molecule has 0 fully saturated rings. The molecule has 0 amide bonds. The second-order valence-electron chi connectivity index (χ2n) is 4.58. The Morgan fingerprint density at radius 1 is 1.37 bits per heavy atom. The van der Waals surface area contributed by atoms with E-state index in [-0.39, 0.29) is 6.04 Å². The van der Waals surface area contributed by atoms with Crippen LogP contribution in [0.5, 0.6) is 0 Å². The fourth-order valence-corrected chi connectivity index (χ4v) is 3.55. The molecule has 0 bridgehead atoms. The minimum Gasteiger partial charge on any atom is -0.329 e. The van der Waals surface area contributed by atoms with E-state index in [1.54, 1.807) is 6.07 Å². The molecule has 19 heavy (non-hydrogen) atoms. The van der Waals surface area contributed by atoms with Gasteiger partial charge in [0.05, 0.1) is 10.0 Å². The van der Waals surface area contributed by atoms with Crippen LogP contribution in [0.15, 0.2) is 18.2 Å². The van der Waals surface area contributed by atoms with Gasteiger partial charge in [0, 0.05) is 24.4 Å². The number of likely N-dealkylation sites (N-methyl/N-ethyl adjacent to an activating group) is 1. The minimum atomic E-state index is 0.100. The lowest BCUT2D eigenvalue weighted by molar-refractivity contribution is 0.188. The van der Waals surface area contributed by atoms with Crippen molar-refractivity contribution in [3.8, 4) is 0 Å². The Bertz CT molecular complexity index is 401. The van der Waals surface area contributed by atoms with E-state index in [0.717, 1.165) is 17.7 Å². The molecule has 2 unspecified atom stereocenters. The van der Waals surface area contributed by atoms with Crippen LogP contribution in [0.3, 0.4) is 0 Å². The molecule has 0 aliphatic carbocycles. The highest BCUT2D eigenvalue weighted by Crippen LogP contribution is 2.33. The Morgan fingerprint density at radius 2 is 2.05 bits per heavy atom. The zero-order valence-electron chi connectivity index (χ0n) is 11.7. The van der Waals surface area contributed by atoms with Gasteiger partial charge in [-0.2, -0.15) is 11.8 Å². The fraction of sp³-hybridized carbons (Fsp3) is 0.571. The van der Waals surface area contributed by atoms with Crippen LogP contribution in [0.4, 0.5) is 0 Å². The van der Waals surface area contributed by atoms with E-state index in [9.17, 15) is 0 Å². The van der Waals surface area contributed by atoms with Crippen LogP contribution >= 0.6 is 35.0 Å². The Kier molecular flexibility index (Phi) is 7.55. The van der Waals surface area contributed by atoms with Crippen molar-refractivity contribution in [3.05, 3.63) is 33.8 Å². The molecule has 2 atom stereocenters. The first-order valence-electron chi connectivity index (χ1n) is 6.41. The lowest BCUT2D eigenvalue weighted by Gasteiger charge is -2.34. The summed E-state index contributed by atoms with van der Waals surface area (Å²) in [6, 6.07) is 6.32. The van der Waals surface area contributed by atoms with Crippen molar-refractivity contribution >= 4 is 35.0 Å². The normalized spacial score (nSPS) is 14.7. The van der Waals surface area contributed by atoms with Gasteiger partial charge in [-0.1, -0.05) is 42.3 Å². The smallest absolute Gasteiger partial charge is 0.0640 e. The maximum absolute atomic E-state index is 6.32. The quantitative estimate of drug-likeness (QED) is 0.821. The van der Waals surface area contributed by atoms with Crippen LogP contribution in [0, 0.1) is 0 Å². The molecule has 1 aromatic rings. The predicted molar refractivity (Wildman–Crippen MR) is 88.5 cm³/mol. The minimum absolute atomic E-state index is 0.100. The third-order valence-corrected chi connectivity index (χ3v) is 5.01. The number of halogens is 2. The maximum Gasteiger partial charge on any atom is 0.0640 e. The molecule has 0 radical (unpaired) electrons. The molecular formula is C14H22Cl2N2S. The average molecular weight is 321 g/mol. The second-order valence-corrected chi connectivity index (χ2v) is 6.27. The van der Waals surface area contributed by atoms with E-state index >= 15 is 0 Å². The molecule has 0 aliphatic rings. The summed E-state index contributed by atoms with van der Waals surface area (Å²) in [7, 11) is 2.11. The van der Waals surface area contributed by atoms with Crippen molar-refractivity contribution in [1.29, 1.82) is 0 Å². The lowest BCUT2D eigenvalue weighted by atomic mass is 10.0. The highest BCUT2D eigenvalue weighted by atomic mass is 35.5. The number of nitrogens with two attached hydrogens (primary N) is 1. The first-order valence-corrected chi connectivity index (χ1v) is 8.56. The van der Waals surface area contributed by atoms with E-state index in [1.807, 2.05) is 23.9 Å². The average Bonchev–Trinajstić information content (AvgIpc) is 2.41. The van der Waals surface area contributed by atoms with Crippen LogP contribution in [0.1, 0.15) is 24.9 Å². The molecule has 2 N–H and O–H groups in total. The first-order chi connectivity index (χ1) is 9.06. The molecule has 5 heteroatoms. The van der Waals surface area contributed by atoms with Gasteiger partial charge in [-0.3, -0.25) is 4.90 Å². The van der Waals surface area contributed by atoms with Crippen LogP contribution in [0.25, 0.3) is 0 Å². The van der Waals surface area contributed by atoms with Crippen molar-refractivity contribution < 1.29 is 0 Å². The Balaban J connectivity index is 3.02. The summed E-state index contributed by atoms with van der Waals surface area (Å²) in [6.07, 6.45) is 3.21. The molecule has 2 nitrogen and oxygen atoms in total. The van der Waals surface area contributed by atoms with Gasteiger partial charge >= 0.3 is 0 Å². The molecule has 0 saturated carbocycles. The van der Waals surface area contributed by atoms with Crippen molar-refractivity contribution in [2.45, 2.75) is 25.4 Å². The first kappa shape index (κ1) is 17.1. The molecule has 1 rings (SSSR count). The summed E-state index contributed by atoms with van der Waals surface area (Å²) in [4.78, 5) is 2.31. The monoisotopic (exact) mass is 320 g/mol. The number of benzene rings is 1. The van der Waals surface area contributed by atoms with Gasteiger partial charge in [0.25, 0.3) is 0 Å². The van der Waals surface area contributed by atoms with Crippen LogP contribution < -0.4 is 5.73 Å². The standard InChI is InChI=1S/C14H22Cl2N2S/c1-4-10(9-19-3)18(2)13(8-17)11-6-5-7-12(15)14(11)16/h5-7,10,13H,4,8-9,17H2,1-3H3. The SMILES string of the molecule is CCC(CSC)N(C)C(CN)c1cccc(Cl)c1Cl. The summed E-state index contributed by atoms with van der Waals surface area (Å²) in [5.41, 5.74) is 6.98. The van der Waals surface area contributed by atoms with Crippen LogP contribution in [-0.4, -0.2) is 36.5 Å². The summed E-state index contributed by atoms with van der Waals surface area (Å²) in [6.45, 7) is 2.73. The summed E-state index contributed by atoms with van der Waals surface area (Å²) < 4.78 is 0. The fourth-order valence-electron chi connectivity index (χ4n) is 2.26. The summed E-state index contributed by atoms with van der Waals surface area (Å²) in [5.74, 6) is 1.09. The van der Waals surface area contributed by atoms with Crippen molar-refractivity contribution in [2.24, 2.45) is 5.73 Å². The molecule has 108 valence electrons. The lowest BCUT2D eigenvalue weighted by Crippen LogP contribution is -2.39. The number of hydrogen-bond donors (Lipinski definition) is 1. The number of nitrogens with zero attached hydrogens (tertiary/aromatic N) is 1. The second kappa shape index (κ2) is 8.38. The van der Waals surface area contributed by atoms with E-state index in [4.69, 9.17) is 28.9 Å². The predicted octanol–water partition coefficient (Wildman–Crippen LogP) is 4.07. The van der Waals surface area contributed by atoms with Gasteiger partial charge in [0.15, 0.2) is 0 Å². The van der Waals surface area contributed by atoms with Gasteiger partial charge in [0.1, 0.15) is 0 Å².